The molecule has 1 saturated heterocycles. The van der Waals surface area contributed by atoms with Crippen LogP contribution in [0.2, 0.25) is 0 Å². The Morgan fingerprint density at radius 1 is 1.24 bits per heavy atom. The smallest absolute Gasteiger partial charge is 0.127 e. The number of ether oxygens (including phenoxy) is 1. The number of rotatable bonds is 3. The lowest BCUT2D eigenvalue weighted by atomic mass is 9.82. The molecule has 3 nitrogen and oxygen atoms in total. The van der Waals surface area contributed by atoms with Crippen LogP contribution in [0.5, 0.6) is 5.75 Å². The van der Waals surface area contributed by atoms with E-state index in [-0.39, 0.29) is 5.54 Å². The van der Waals surface area contributed by atoms with Crippen molar-refractivity contribution in [3.8, 4) is 5.75 Å². The van der Waals surface area contributed by atoms with E-state index in [0.29, 0.717) is 12.5 Å². The quantitative estimate of drug-likeness (QED) is 0.928. The zero-order valence-corrected chi connectivity index (χ0v) is 13.4. The van der Waals surface area contributed by atoms with Gasteiger partial charge in [0.15, 0.2) is 0 Å². The first-order valence-electron chi connectivity index (χ1n) is 8.40. The zero-order valence-electron chi connectivity index (χ0n) is 13.4. The molecular formula is C18H28N2O. The van der Waals surface area contributed by atoms with Crippen molar-refractivity contribution >= 4 is 0 Å². The predicted octanol–water partition coefficient (Wildman–Crippen LogP) is 3.23. The molecule has 1 atom stereocenters. The van der Waals surface area contributed by atoms with Crippen LogP contribution in [0.25, 0.3) is 0 Å². The number of likely N-dealkylation sites (tertiary alicyclic amines) is 1. The number of para-hydroxylation sites is 1. The highest BCUT2D eigenvalue weighted by Gasteiger charge is 2.42. The van der Waals surface area contributed by atoms with Crippen LogP contribution in [0.3, 0.4) is 0 Å². The SMILES string of the molecule is CC(C)c1cccc2c1OCCCC2(CN)N1CCCC1. The van der Waals surface area contributed by atoms with Crippen LogP contribution in [0, 0.1) is 0 Å². The summed E-state index contributed by atoms with van der Waals surface area (Å²) in [7, 11) is 0. The average molecular weight is 288 g/mol. The fourth-order valence-corrected chi connectivity index (χ4v) is 4.03. The minimum atomic E-state index is -0.0206. The molecule has 3 rings (SSSR count). The molecule has 0 spiro atoms. The molecule has 0 aliphatic carbocycles. The molecule has 1 aromatic carbocycles. The molecule has 2 aliphatic rings. The highest BCUT2D eigenvalue weighted by atomic mass is 16.5. The van der Waals surface area contributed by atoms with E-state index in [9.17, 15) is 0 Å². The van der Waals surface area contributed by atoms with E-state index in [0.717, 1.165) is 25.2 Å². The van der Waals surface area contributed by atoms with E-state index >= 15 is 0 Å². The van der Waals surface area contributed by atoms with Crippen LogP contribution in [-0.4, -0.2) is 31.1 Å². The summed E-state index contributed by atoms with van der Waals surface area (Å²) in [5, 5.41) is 0. The number of nitrogens with zero attached hydrogens (tertiary/aromatic N) is 1. The Labute approximate surface area is 128 Å². The summed E-state index contributed by atoms with van der Waals surface area (Å²) in [4.78, 5) is 2.62. The van der Waals surface area contributed by atoms with Gasteiger partial charge in [-0.3, -0.25) is 4.90 Å². The summed E-state index contributed by atoms with van der Waals surface area (Å²) in [6.07, 6.45) is 4.78. The van der Waals surface area contributed by atoms with Gasteiger partial charge in [0, 0.05) is 12.1 Å². The molecule has 2 heterocycles. The average Bonchev–Trinajstić information content (AvgIpc) is 2.96. The van der Waals surface area contributed by atoms with Crippen LogP contribution in [0.1, 0.15) is 56.6 Å². The standard InChI is InChI=1S/C18H28N2O/c1-14(2)15-7-5-8-16-17(15)21-12-6-9-18(16,13-19)20-10-3-4-11-20/h5,7-8,14H,3-4,6,9-13,19H2,1-2H3. The number of hydrogen-bond donors (Lipinski definition) is 1. The first kappa shape index (κ1) is 14.9. The topological polar surface area (TPSA) is 38.5 Å². The number of hydrogen-bond acceptors (Lipinski definition) is 3. The van der Waals surface area contributed by atoms with E-state index in [1.807, 2.05) is 0 Å². The Kier molecular flexibility index (Phi) is 4.23. The van der Waals surface area contributed by atoms with Crippen LogP contribution < -0.4 is 10.5 Å². The fourth-order valence-electron chi connectivity index (χ4n) is 4.03. The summed E-state index contributed by atoms with van der Waals surface area (Å²) in [6.45, 7) is 8.32. The summed E-state index contributed by atoms with van der Waals surface area (Å²) in [5.74, 6) is 1.59. The van der Waals surface area contributed by atoms with Crippen molar-refractivity contribution in [2.75, 3.05) is 26.2 Å². The summed E-state index contributed by atoms with van der Waals surface area (Å²) in [6, 6.07) is 6.64. The summed E-state index contributed by atoms with van der Waals surface area (Å²) in [5.41, 5.74) is 8.97. The Morgan fingerprint density at radius 3 is 2.67 bits per heavy atom. The Balaban J connectivity index is 2.13. The van der Waals surface area contributed by atoms with Crippen molar-refractivity contribution in [3.63, 3.8) is 0 Å². The number of benzene rings is 1. The zero-order chi connectivity index (χ0) is 14.9. The molecule has 1 aromatic rings. The molecule has 0 saturated carbocycles. The third kappa shape index (κ3) is 2.47. The van der Waals surface area contributed by atoms with Crippen molar-refractivity contribution in [2.24, 2.45) is 5.73 Å². The van der Waals surface area contributed by atoms with Crippen LogP contribution >= 0.6 is 0 Å². The molecule has 0 radical (unpaired) electrons. The Morgan fingerprint density at radius 2 is 2.00 bits per heavy atom. The molecule has 116 valence electrons. The van der Waals surface area contributed by atoms with E-state index in [1.165, 1.54) is 37.1 Å². The van der Waals surface area contributed by atoms with E-state index < -0.39 is 0 Å². The Hall–Kier alpha value is -1.06. The maximum Gasteiger partial charge on any atom is 0.127 e. The maximum atomic E-state index is 6.33. The van der Waals surface area contributed by atoms with Gasteiger partial charge in [0.25, 0.3) is 0 Å². The van der Waals surface area contributed by atoms with Crippen molar-refractivity contribution in [2.45, 2.75) is 51.0 Å². The minimum absolute atomic E-state index is 0.0206. The van der Waals surface area contributed by atoms with Crippen molar-refractivity contribution in [1.29, 1.82) is 0 Å². The molecule has 21 heavy (non-hydrogen) atoms. The van der Waals surface area contributed by atoms with E-state index in [4.69, 9.17) is 10.5 Å². The monoisotopic (exact) mass is 288 g/mol. The van der Waals surface area contributed by atoms with Gasteiger partial charge in [0.1, 0.15) is 5.75 Å². The maximum absolute atomic E-state index is 6.33. The lowest BCUT2D eigenvalue weighted by Gasteiger charge is -2.41. The Bertz CT molecular complexity index is 494. The van der Waals surface area contributed by atoms with Crippen LogP contribution in [0.15, 0.2) is 18.2 Å². The third-order valence-electron chi connectivity index (χ3n) is 5.20. The van der Waals surface area contributed by atoms with E-state index in [2.05, 4.69) is 36.9 Å². The molecular weight excluding hydrogens is 260 g/mol. The summed E-state index contributed by atoms with van der Waals surface area (Å²) < 4.78 is 6.18. The van der Waals surface area contributed by atoms with Crippen molar-refractivity contribution < 1.29 is 4.74 Å². The molecule has 2 aliphatic heterocycles. The molecule has 1 fully saturated rings. The van der Waals surface area contributed by atoms with Crippen LogP contribution in [-0.2, 0) is 5.54 Å². The van der Waals surface area contributed by atoms with Gasteiger partial charge in [0.05, 0.1) is 12.1 Å². The second-order valence-corrected chi connectivity index (χ2v) is 6.76. The minimum Gasteiger partial charge on any atom is -0.493 e. The van der Waals surface area contributed by atoms with Crippen molar-refractivity contribution in [1.82, 2.24) is 4.90 Å². The lowest BCUT2D eigenvalue weighted by Crippen LogP contribution is -2.49. The molecule has 0 amide bonds. The van der Waals surface area contributed by atoms with Crippen LogP contribution in [0.4, 0.5) is 0 Å². The first-order chi connectivity index (χ1) is 10.2. The summed E-state index contributed by atoms with van der Waals surface area (Å²) >= 11 is 0. The highest BCUT2D eigenvalue weighted by molar-refractivity contribution is 5.48. The molecule has 3 heteroatoms. The largest absolute Gasteiger partial charge is 0.493 e. The third-order valence-corrected chi connectivity index (χ3v) is 5.20. The van der Waals surface area contributed by atoms with Crippen molar-refractivity contribution in [3.05, 3.63) is 29.3 Å². The predicted molar refractivity (Wildman–Crippen MR) is 86.8 cm³/mol. The lowest BCUT2D eigenvalue weighted by molar-refractivity contribution is 0.112. The van der Waals surface area contributed by atoms with E-state index in [1.54, 1.807) is 0 Å². The second-order valence-electron chi connectivity index (χ2n) is 6.76. The van der Waals surface area contributed by atoms with Gasteiger partial charge < -0.3 is 10.5 Å². The van der Waals surface area contributed by atoms with Gasteiger partial charge in [-0.15, -0.1) is 0 Å². The van der Waals surface area contributed by atoms with Gasteiger partial charge in [-0.25, -0.2) is 0 Å². The molecule has 1 unspecified atom stereocenters. The fraction of sp³-hybridized carbons (Fsp3) is 0.667. The van der Waals surface area contributed by atoms with Gasteiger partial charge >= 0.3 is 0 Å². The molecule has 0 aromatic heterocycles. The number of nitrogens with two attached hydrogens (primary N) is 1. The molecule has 0 bridgehead atoms. The van der Waals surface area contributed by atoms with Gasteiger partial charge in [-0.2, -0.15) is 0 Å². The van der Waals surface area contributed by atoms with Gasteiger partial charge in [-0.1, -0.05) is 32.0 Å². The normalized spacial score (nSPS) is 26.5. The van der Waals surface area contributed by atoms with Gasteiger partial charge in [-0.05, 0) is 50.3 Å². The second kappa shape index (κ2) is 5.98. The molecule has 2 N–H and O–H groups in total. The van der Waals surface area contributed by atoms with Gasteiger partial charge in [0.2, 0.25) is 0 Å². The number of fused-ring (bicyclic) bond motifs is 1. The first-order valence-corrected chi connectivity index (χ1v) is 8.40. The highest BCUT2D eigenvalue weighted by Crippen LogP contribution is 2.44.